The lowest BCUT2D eigenvalue weighted by Gasteiger charge is -2.28. The van der Waals surface area contributed by atoms with Crippen molar-refractivity contribution < 1.29 is 19.5 Å². The molecule has 0 aliphatic rings. The highest BCUT2D eigenvalue weighted by atomic mass is 32.1. The number of para-hydroxylation sites is 1. The molecule has 10 rings (SSSR count). The summed E-state index contributed by atoms with van der Waals surface area (Å²) in [6.07, 6.45) is 0. The van der Waals surface area contributed by atoms with Crippen molar-refractivity contribution in [3.63, 3.8) is 0 Å². The maximum atomic E-state index is 9.77. The van der Waals surface area contributed by atoms with Crippen molar-refractivity contribution in [1.29, 1.82) is 0 Å². The first kappa shape index (κ1) is 19.0. The summed E-state index contributed by atoms with van der Waals surface area (Å²) in [6.45, 7) is 0. The van der Waals surface area contributed by atoms with Crippen LogP contribution in [-0.4, -0.2) is 0 Å². The van der Waals surface area contributed by atoms with Gasteiger partial charge in [0.2, 0.25) is 0 Å². The largest absolute Gasteiger partial charge is 0.455 e. The van der Waals surface area contributed by atoms with E-state index < -0.39 is 60.4 Å². The Labute approximate surface area is 303 Å². The minimum absolute atomic E-state index is 0.00420. The molecule has 0 saturated heterocycles. The maximum Gasteiger partial charge on any atom is 0.143 e. The van der Waals surface area contributed by atoms with Gasteiger partial charge in [0, 0.05) is 42.2 Å². The summed E-state index contributed by atoms with van der Waals surface area (Å²) < 4.78 is 106. The van der Waals surface area contributed by atoms with Gasteiger partial charge in [-0.15, -0.1) is 11.3 Å². The van der Waals surface area contributed by atoms with Gasteiger partial charge in [-0.25, -0.2) is 0 Å². The van der Waals surface area contributed by atoms with E-state index in [9.17, 15) is 5.48 Å². The second-order valence-corrected chi connectivity index (χ2v) is 12.6. The lowest BCUT2D eigenvalue weighted by Crippen LogP contribution is -2.11. The highest BCUT2D eigenvalue weighted by Crippen LogP contribution is 2.47. The molecule has 2 aromatic heterocycles. The number of thiophene rings is 1. The number of nitrogens with zero attached hydrogens (tertiary/aromatic N) is 1. The molecule has 10 aromatic rings. The quantitative estimate of drug-likeness (QED) is 0.184. The van der Waals surface area contributed by atoms with Crippen molar-refractivity contribution in [2.45, 2.75) is 0 Å². The van der Waals surface area contributed by atoms with Gasteiger partial charge in [-0.1, -0.05) is 133 Å². The smallest absolute Gasteiger partial charge is 0.143 e. The fourth-order valence-corrected chi connectivity index (χ4v) is 7.74. The van der Waals surface area contributed by atoms with Crippen molar-refractivity contribution in [1.82, 2.24) is 0 Å². The lowest BCUT2D eigenvalue weighted by molar-refractivity contribution is 0.672. The summed E-state index contributed by atoms with van der Waals surface area (Å²) in [7, 11) is 0. The van der Waals surface area contributed by atoms with E-state index in [1.54, 1.807) is 4.90 Å². The predicted molar refractivity (Wildman–Crippen MR) is 210 cm³/mol. The van der Waals surface area contributed by atoms with Gasteiger partial charge in [-0.3, -0.25) is 0 Å². The first-order valence-electron chi connectivity index (χ1n) is 21.2. The second-order valence-electron chi connectivity index (χ2n) is 11.6. The number of furan rings is 1. The Balaban J connectivity index is 1.32. The van der Waals surface area contributed by atoms with Crippen molar-refractivity contribution >= 4 is 81.3 Å². The van der Waals surface area contributed by atoms with Crippen LogP contribution in [0.2, 0.25) is 0 Å². The van der Waals surface area contributed by atoms with Crippen LogP contribution in [0.15, 0.2) is 180 Å². The number of hydrogen-bond donors (Lipinski definition) is 0. The molecule has 0 spiro atoms. The molecule has 0 N–H and O–H groups in total. The molecule has 0 atom stereocenters. The van der Waals surface area contributed by atoms with Crippen LogP contribution in [0.5, 0.6) is 0 Å². The van der Waals surface area contributed by atoms with E-state index in [1.165, 1.54) is 0 Å². The summed E-state index contributed by atoms with van der Waals surface area (Å²) in [5, 5.41) is 3.36. The van der Waals surface area contributed by atoms with Gasteiger partial charge in [-0.2, -0.15) is 0 Å². The number of hydrogen-bond acceptors (Lipinski definition) is 3. The minimum Gasteiger partial charge on any atom is -0.455 e. The molecule has 0 amide bonds. The zero-order chi connectivity index (χ0) is 41.9. The van der Waals surface area contributed by atoms with Crippen LogP contribution in [-0.2, 0) is 0 Å². The normalized spacial score (nSPS) is 14.8. The van der Waals surface area contributed by atoms with Crippen LogP contribution in [0.4, 0.5) is 17.1 Å². The summed E-state index contributed by atoms with van der Waals surface area (Å²) in [5.41, 5.74) is 3.37. The monoisotopic (exact) mass is 654 g/mol. The summed E-state index contributed by atoms with van der Waals surface area (Å²) in [6, 6.07) is 29.4. The molecule has 0 aliphatic heterocycles. The molecule has 2 heterocycles. The fraction of sp³-hybridized carbons (Fsp3) is 0. The van der Waals surface area contributed by atoms with Crippen molar-refractivity contribution in [3.05, 3.63) is 176 Å². The maximum absolute atomic E-state index is 9.77. The molecule has 49 heavy (non-hydrogen) atoms. The molecule has 8 aromatic carbocycles. The zero-order valence-corrected chi connectivity index (χ0v) is 26.5. The molecule has 2 nitrogen and oxygen atoms in total. The van der Waals surface area contributed by atoms with Crippen molar-refractivity contribution in [3.8, 4) is 22.3 Å². The fourth-order valence-electron chi connectivity index (χ4n) is 6.67. The third kappa shape index (κ3) is 4.47. The Kier molecular flexibility index (Phi) is 4.35. The van der Waals surface area contributed by atoms with Gasteiger partial charge in [0.25, 0.3) is 0 Å². The van der Waals surface area contributed by atoms with E-state index >= 15 is 0 Å². The third-order valence-corrected chi connectivity index (χ3v) is 9.98. The van der Waals surface area contributed by atoms with Crippen LogP contribution in [0.3, 0.4) is 0 Å². The Morgan fingerprint density at radius 2 is 1.29 bits per heavy atom. The van der Waals surface area contributed by atoms with Crippen LogP contribution in [0.1, 0.15) is 15.1 Å². The van der Waals surface area contributed by atoms with Gasteiger partial charge >= 0.3 is 0 Å². The zero-order valence-electron chi connectivity index (χ0n) is 36.7. The highest BCUT2D eigenvalue weighted by Gasteiger charge is 2.22. The molecule has 0 fully saturated rings. The van der Waals surface area contributed by atoms with E-state index in [0.29, 0.717) is 27.9 Å². The number of rotatable bonds is 5. The van der Waals surface area contributed by atoms with Crippen LogP contribution in [0, 0.1) is 0 Å². The summed E-state index contributed by atoms with van der Waals surface area (Å²) in [5.74, 6) is 0. The molecule has 0 bridgehead atoms. The van der Waals surface area contributed by atoms with Gasteiger partial charge in [0.05, 0.1) is 31.8 Å². The Hall–Kier alpha value is -6.16. The number of anilines is 3. The highest BCUT2D eigenvalue weighted by molar-refractivity contribution is 7.26. The average molecular weight is 655 g/mol. The van der Waals surface area contributed by atoms with Crippen molar-refractivity contribution in [2.24, 2.45) is 0 Å². The topological polar surface area (TPSA) is 16.4 Å². The van der Waals surface area contributed by atoms with Gasteiger partial charge in [0.15, 0.2) is 0 Å². The number of benzene rings is 8. The molecule has 230 valence electrons. The summed E-state index contributed by atoms with van der Waals surface area (Å²) in [4.78, 5) is 1.73. The number of fused-ring (bicyclic) bond motifs is 8. The first-order valence-corrected chi connectivity index (χ1v) is 16.5. The van der Waals surface area contributed by atoms with Gasteiger partial charge in [-0.05, 0) is 64.5 Å². The standard InChI is InChI=1S/C46H29NOS/c1-2-12-30(13-3-1)34-15-6-8-20-40(34)47(41-21-11-22-42-44(41)39-29-26-31-14-4-5-16-35(31)45(39)48-42)33-27-24-32(25-28-33)36-18-10-19-38-37-17-7-9-23-43(37)49-46(36)38/h1-29H/i7D,9D,10D,17D,18D,19D,23D,24D,25D,27D,28D. The second kappa shape index (κ2) is 11.2. The van der Waals surface area contributed by atoms with E-state index in [2.05, 4.69) is 0 Å². The Bertz CT molecular complexity index is 3440. The molecule has 0 saturated carbocycles. The molecular formula is C46H29NOS. The molecule has 0 unspecified atom stereocenters. The molecule has 0 radical (unpaired) electrons. The van der Waals surface area contributed by atoms with Crippen LogP contribution >= 0.6 is 11.3 Å². The van der Waals surface area contributed by atoms with Gasteiger partial charge < -0.3 is 9.32 Å². The van der Waals surface area contributed by atoms with Crippen molar-refractivity contribution in [2.75, 3.05) is 4.90 Å². The Morgan fingerprint density at radius 1 is 0.510 bits per heavy atom. The Morgan fingerprint density at radius 3 is 2.20 bits per heavy atom. The lowest BCUT2D eigenvalue weighted by atomic mass is 9.99. The SMILES string of the molecule is [2H]c1c([2H])c(N(c2ccccc2-c2ccccc2)c2cccc3oc4c5ccccc5ccc4c23)c([2H])c([2H])c1-c1c([2H])c([2H])c([2H])c2c1sc1c([2H])c([2H])c([2H])c([2H])c12. The molecular weight excluding hydrogens is 615 g/mol. The van der Waals surface area contributed by atoms with Gasteiger partial charge in [0.1, 0.15) is 11.2 Å². The predicted octanol–water partition coefficient (Wildman–Crippen LogP) is 13.9. The minimum atomic E-state index is -0.574. The average Bonchev–Trinajstić information content (AvgIpc) is 3.87. The summed E-state index contributed by atoms with van der Waals surface area (Å²) >= 11 is 0.877. The van der Waals surface area contributed by atoms with E-state index in [0.717, 1.165) is 38.6 Å². The molecule has 3 heteroatoms. The van der Waals surface area contributed by atoms with Crippen LogP contribution < -0.4 is 4.90 Å². The van der Waals surface area contributed by atoms with E-state index in [-0.39, 0.29) is 43.0 Å². The van der Waals surface area contributed by atoms with E-state index in [1.807, 2.05) is 109 Å². The molecule has 0 aliphatic carbocycles. The van der Waals surface area contributed by atoms with E-state index in [4.69, 9.17) is 14.0 Å². The van der Waals surface area contributed by atoms with Crippen LogP contribution in [0.25, 0.3) is 75.1 Å². The first-order chi connectivity index (χ1) is 28.9. The third-order valence-electron chi connectivity index (χ3n) is 8.86.